The molecule has 20 heavy (non-hydrogen) atoms. The van der Waals surface area contributed by atoms with E-state index in [0.29, 0.717) is 32.2 Å². The van der Waals surface area contributed by atoms with E-state index in [1.165, 1.54) is 0 Å². The highest BCUT2D eigenvalue weighted by molar-refractivity contribution is 9.10. The average Bonchev–Trinajstić information content (AvgIpc) is 2.44. The summed E-state index contributed by atoms with van der Waals surface area (Å²) in [5.41, 5.74) is 7.16. The number of benzene rings is 2. The third-order valence-electron chi connectivity index (χ3n) is 2.69. The predicted octanol–water partition coefficient (Wildman–Crippen LogP) is 3.95. The van der Waals surface area contributed by atoms with Crippen LogP contribution in [0, 0.1) is 0 Å². The lowest BCUT2D eigenvalue weighted by molar-refractivity contribution is 0.102. The number of nitrogens with two attached hydrogens (primary N) is 1. The van der Waals surface area contributed by atoms with Gasteiger partial charge in [-0.15, -0.1) is 0 Å². The van der Waals surface area contributed by atoms with E-state index < -0.39 is 0 Å². The maximum absolute atomic E-state index is 12.2. The molecule has 3 N–H and O–H groups in total. The van der Waals surface area contributed by atoms with E-state index in [0.717, 1.165) is 0 Å². The molecule has 0 aliphatic heterocycles. The fraction of sp³-hybridized carbons (Fsp3) is 0.0714. The number of nitrogens with one attached hydrogen (secondary N) is 1. The molecule has 4 nitrogen and oxygen atoms in total. The molecule has 1 amide bonds. The summed E-state index contributed by atoms with van der Waals surface area (Å²) in [6.07, 6.45) is 0. The minimum Gasteiger partial charge on any atom is -0.497 e. The van der Waals surface area contributed by atoms with Crippen LogP contribution in [0.5, 0.6) is 5.75 Å². The van der Waals surface area contributed by atoms with E-state index >= 15 is 0 Å². The van der Waals surface area contributed by atoms with Gasteiger partial charge in [-0.25, -0.2) is 0 Å². The predicted molar refractivity (Wildman–Crippen MR) is 84.5 cm³/mol. The van der Waals surface area contributed by atoms with Crippen molar-refractivity contribution in [3.05, 3.63) is 51.5 Å². The number of hydrogen-bond acceptors (Lipinski definition) is 3. The van der Waals surface area contributed by atoms with Gasteiger partial charge in [0.1, 0.15) is 5.75 Å². The number of ether oxygens (including phenoxy) is 1. The number of amides is 1. The Morgan fingerprint density at radius 3 is 2.80 bits per heavy atom. The first-order valence-electron chi connectivity index (χ1n) is 5.72. The summed E-state index contributed by atoms with van der Waals surface area (Å²) in [6.45, 7) is 0. The average molecular weight is 356 g/mol. The molecular weight excluding hydrogens is 344 g/mol. The molecular formula is C14H12BrClN2O2. The van der Waals surface area contributed by atoms with Gasteiger partial charge in [-0.2, -0.15) is 0 Å². The molecule has 0 unspecified atom stereocenters. The van der Waals surface area contributed by atoms with E-state index in [4.69, 9.17) is 22.1 Å². The number of methoxy groups -OCH3 is 1. The lowest BCUT2D eigenvalue weighted by atomic mass is 10.2. The monoisotopic (exact) mass is 354 g/mol. The van der Waals surface area contributed by atoms with Gasteiger partial charge in [0.15, 0.2) is 0 Å². The molecule has 2 aromatic carbocycles. The van der Waals surface area contributed by atoms with E-state index in [1.54, 1.807) is 43.5 Å². The first-order chi connectivity index (χ1) is 9.52. The Morgan fingerprint density at radius 2 is 2.10 bits per heavy atom. The topological polar surface area (TPSA) is 64.3 Å². The number of carbonyl (C=O) groups is 1. The minimum atomic E-state index is -0.306. The zero-order valence-electron chi connectivity index (χ0n) is 10.6. The molecule has 0 spiro atoms. The fourth-order valence-corrected chi connectivity index (χ4v) is 2.25. The Balaban J connectivity index is 2.30. The second-order valence-electron chi connectivity index (χ2n) is 4.01. The van der Waals surface area contributed by atoms with Gasteiger partial charge in [-0.3, -0.25) is 4.79 Å². The quantitative estimate of drug-likeness (QED) is 0.820. The van der Waals surface area contributed by atoms with Crippen LogP contribution in [-0.2, 0) is 0 Å². The zero-order chi connectivity index (χ0) is 14.7. The highest BCUT2D eigenvalue weighted by Crippen LogP contribution is 2.29. The van der Waals surface area contributed by atoms with Crippen molar-refractivity contribution >= 4 is 44.8 Å². The molecule has 0 heterocycles. The van der Waals surface area contributed by atoms with Crippen molar-refractivity contribution in [1.29, 1.82) is 0 Å². The lowest BCUT2D eigenvalue weighted by Crippen LogP contribution is -2.13. The Morgan fingerprint density at radius 1 is 1.35 bits per heavy atom. The van der Waals surface area contributed by atoms with Crippen molar-refractivity contribution in [3.8, 4) is 5.75 Å². The van der Waals surface area contributed by atoms with Gasteiger partial charge in [0, 0.05) is 11.8 Å². The van der Waals surface area contributed by atoms with Crippen LogP contribution in [0.1, 0.15) is 10.4 Å². The zero-order valence-corrected chi connectivity index (χ0v) is 13.0. The molecule has 0 aromatic heterocycles. The van der Waals surface area contributed by atoms with E-state index in [9.17, 15) is 4.79 Å². The number of halogens is 2. The molecule has 6 heteroatoms. The van der Waals surface area contributed by atoms with Crippen molar-refractivity contribution in [3.63, 3.8) is 0 Å². The molecule has 2 aromatic rings. The Kier molecular flexibility index (Phi) is 4.52. The largest absolute Gasteiger partial charge is 0.497 e. The summed E-state index contributed by atoms with van der Waals surface area (Å²) < 4.78 is 5.65. The van der Waals surface area contributed by atoms with Crippen LogP contribution in [0.15, 0.2) is 40.9 Å². The van der Waals surface area contributed by atoms with Crippen molar-refractivity contribution in [2.24, 2.45) is 0 Å². The molecule has 0 atom stereocenters. The fourth-order valence-electron chi connectivity index (χ4n) is 1.64. The number of nitrogen functional groups attached to an aromatic ring is 1. The molecule has 0 bridgehead atoms. The first kappa shape index (κ1) is 14.7. The number of anilines is 2. The number of rotatable bonds is 3. The Bertz CT molecular complexity index is 662. The third kappa shape index (κ3) is 3.05. The van der Waals surface area contributed by atoms with Crippen molar-refractivity contribution in [1.82, 2.24) is 0 Å². The number of carbonyl (C=O) groups excluding carboxylic acids is 1. The van der Waals surface area contributed by atoms with Crippen LogP contribution < -0.4 is 15.8 Å². The summed E-state index contributed by atoms with van der Waals surface area (Å²) in [5.74, 6) is 0.302. The van der Waals surface area contributed by atoms with Gasteiger partial charge in [0.05, 0.1) is 27.9 Å². The third-order valence-corrected chi connectivity index (χ3v) is 3.91. The van der Waals surface area contributed by atoms with Crippen molar-refractivity contribution in [2.45, 2.75) is 0 Å². The molecule has 2 rings (SSSR count). The normalized spacial score (nSPS) is 10.2. The summed E-state index contributed by atoms with van der Waals surface area (Å²) in [6, 6.07) is 10.1. The van der Waals surface area contributed by atoms with Gasteiger partial charge in [0.2, 0.25) is 0 Å². The smallest absolute Gasteiger partial charge is 0.256 e. The highest BCUT2D eigenvalue weighted by atomic mass is 79.9. The molecule has 0 fully saturated rings. The lowest BCUT2D eigenvalue weighted by Gasteiger charge is -2.11. The van der Waals surface area contributed by atoms with Gasteiger partial charge >= 0.3 is 0 Å². The van der Waals surface area contributed by atoms with E-state index in [1.807, 2.05) is 0 Å². The molecule has 104 valence electrons. The van der Waals surface area contributed by atoms with Crippen LogP contribution in [0.3, 0.4) is 0 Å². The van der Waals surface area contributed by atoms with Gasteiger partial charge in [0.25, 0.3) is 5.91 Å². The van der Waals surface area contributed by atoms with Crippen LogP contribution in [-0.4, -0.2) is 13.0 Å². The molecule has 0 aliphatic carbocycles. The standard InChI is InChI=1S/C14H12BrClN2O2/c1-20-8-5-6-10(16)12(7-8)18-14(19)9-3-2-4-11(17)13(9)15/h2-7H,17H2,1H3,(H,18,19). The molecule has 0 saturated carbocycles. The first-order valence-corrected chi connectivity index (χ1v) is 6.89. The van der Waals surface area contributed by atoms with Crippen molar-refractivity contribution in [2.75, 3.05) is 18.2 Å². The van der Waals surface area contributed by atoms with Crippen LogP contribution in [0.4, 0.5) is 11.4 Å². The Labute approximate surface area is 130 Å². The van der Waals surface area contributed by atoms with E-state index in [2.05, 4.69) is 21.2 Å². The van der Waals surface area contributed by atoms with Gasteiger partial charge in [-0.1, -0.05) is 17.7 Å². The summed E-state index contributed by atoms with van der Waals surface area (Å²) in [5, 5.41) is 3.16. The van der Waals surface area contributed by atoms with Crippen molar-refractivity contribution < 1.29 is 9.53 Å². The summed E-state index contributed by atoms with van der Waals surface area (Å²) in [4.78, 5) is 12.2. The molecule has 0 radical (unpaired) electrons. The number of hydrogen-bond donors (Lipinski definition) is 2. The summed E-state index contributed by atoms with van der Waals surface area (Å²) >= 11 is 9.35. The van der Waals surface area contributed by atoms with Crippen LogP contribution >= 0.6 is 27.5 Å². The van der Waals surface area contributed by atoms with E-state index in [-0.39, 0.29) is 5.91 Å². The molecule has 0 aliphatic rings. The van der Waals surface area contributed by atoms with Gasteiger partial charge in [-0.05, 0) is 40.2 Å². The second-order valence-corrected chi connectivity index (χ2v) is 5.21. The molecule has 0 saturated heterocycles. The van der Waals surface area contributed by atoms with Crippen LogP contribution in [0.25, 0.3) is 0 Å². The Hall–Kier alpha value is -1.72. The van der Waals surface area contributed by atoms with Crippen LogP contribution in [0.2, 0.25) is 5.02 Å². The maximum atomic E-state index is 12.2. The SMILES string of the molecule is COc1ccc(Cl)c(NC(=O)c2cccc(N)c2Br)c1. The second kappa shape index (κ2) is 6.15. The maximum Gasteiger partial charge on any atom is 0.256 e. The summed E-state index contributed by atoms with van der Waals surface area (Å²) in [7, 11) is 1.54. The highest BCUT2D eigenvalue weighted by Gasteiger charge is 2.13. The minimum absolute atomic E-state index is 0.306. The van der Waals surface area contributed by atoms with Gasteiger partial charge < -0.3 is 15.8 Å².